The first-order chi connectivity index (χ1) is 10.3. The molecule has 1 saturated carbocycles. The molecule has 0 aromatic carbocycles. The highest BCUT2D eigenvalue weighted by Gasteiger charge is 2.21. The third kappa shape index (κ3) is 4.82. The summed E-state index contributed by atoms with van der Waals surface area (Å²) in [7, 11) is 0. The highest BCUT2D eigenvalue weighted by Crippen LogP contribution is 2.24. The quantitative estimate of drug-likeness (QED) is 0.626. The van der Waals surface area contributed by atoms with Gasteiger partial charge in [0, 0.05) is 30.7 Å². The highest BCUT2D eigenvalue weighted by atomic mass is 79.9. The maximum Gasteiger partial charge on any atom is 0.0765 e. The predicted octanol–water partition coefficient (Wildman–Crippen LogP) is 4.77. The number of nitrogens with zero attached hydrogens (tertiary/aromatic N) is 3. The van der Waals surface area contributed by atoms with E-state index >= 15 is 0 Å². The molecule has 0 atom stereocenters. The van der Waals surface area contributed by atoms with Crippen LogP contribution >= 0.6 is 15.9 Å². The molecule has 120 valence electrons. The number of hydrogen-bond acceptors (Lipinski definition) is 2. The van der Waals surface area contributed by atoms with E-state index in [9.17, 15) is 0 Å². The minimum Gasteiger partial charge on any atom is -0.294 e. The SMILES string of the molecule is CCC(CC)n1ccc(CN(CCBr)C2CCCCC2)n1. The molecule has 0 radical (unpaired) electrons. The van der Waals surface area contributed by atoms with Gasteiger partial charge in [-0.15, -0.1) is 0 Å². The van der Waals surface area contributed by atoms with Gasteiger partial charge in [-0.2, -0.15) is 5.10 Å². The van der Waals surface area contributed by atoms with E-state index in [-0.39, 0.29) is 0 Å². The van der Waals surface area contributed by atoms with Crippen LogP contribution in [-0.2, 0) is 6.54 Å². The van der Waals surface area contributed by atoms with Gasteiger partial charge in [0.25, 0.3) is 0 Å². The van der Waals surface area contributed by atoms with Crippen LogP contribution in [0.1, 0.15) is 70.5 Å². The molecule has 3 nitrogen and oxygen atoms in total. The van der Waals surface area contributed by atoms with Crippen LogP contribution in [0.4, 0.5) is 0 Å². The van der Waals surface area contributed by atoms with Crippen LogP contribution in [0.2, 0.25) is 0 Å². The number of hydrogen-bond donors (Lipinski definition) is 0. The molecule has 1 aromatic heterocycles. The summed E-state index contributed by atoms with van der Waals surface area (Å²) in [5.74, 6) is 0. The van der Waals surface area contributed by atoms with E-state index in [1.165, 1.54) is 37.8 Å². The summed E-state index contributed by atoms with van der Waals surface area (Å²) in [4.78, 5) is 2.63. The fourth-order valence-corrected chi connectivity index (χ4v) is 3.94. The Bertz CT molecular complexity index is 394. The van der Waals surface area contributed by atoms with Crippen molar-refractivity contribution in [2.45, 2.75) is 77.4 Å². The van der Waals surface area contributed by atoms with Gasteiger partial charge in [0.15, 0.2) is 0 Å². The molecule has 21 heavy (non-hydrogen) atoms. The molecule has 1 fully saturated rings. The second-order valence-corrected chi connectivity index (χ2v) is 7.00. The summed E-state index contributed by atoms with van der Waals surface area (Å²) >= 11 is 3.61. The van der Waals surface area contributed by atoms with Crippen molar-refractivity contribution < 1.29 is 0 Å². The molecular formula is C17H30BrN3. The zero-order valence-corrected chi connectivity index (χ0v) is 15.2. The summed E-state index contributed by atoms with van der Waals surface area (Å²) in [6.45, 7) is 6.62. The average molecular weight is 356 g/mol. The van der Waals surface area contributed by atoms with Crippen molar-refractivity contribution in [3.8, 4) is 0 Å². The van der Waals surface area contributed by atoms with Gasteiger partial charge in [0.05, 0.1) is 11.7 Å². The Morgan fingerprint density at radius 1 is 1.29 bits per heavy atom. The van der Waals surface area contributed by atoms with Crippen molar-refractivity contribution in [1.82, 2.24) is 14.7 Å². The number of rotatable bonds is 8. The Hall–Kier alpha value is -0.350. The van der Waals surface area contributed by atoms with Crippen LogP contribution in [0.15, 0.2) is 12.3 Å². The molecule has 0 aliphatic heterocycles. The van der Waals surface area contributed by atoms with Crippen molar-refractivity contribution >= 4 is 15.9 Å². The number of aromatic nitrogens is 2. The van der Waals surface area contributed by atoms with Crippen LogP contribution < -0.4 is 0 Å². The lowest BCUT2D eigenvalue weighted by molar-refractivity contribution is 0.155. The zero-order chi connectivity index (χ0) is 15.1. The monoisotopic (exact) mass is 355 g/mol. The van der Waals surface area contributed by atoms with Gasteiger partial charge >= 0.3 is 0 Å². The van der Waals surface area contributed by atoms with Crippen LogP contribution in [0.5, 0.6) is 0 Å². The summed E-state index contributed by atoms with van der Waals surface area (Å²) in [6.07, 6.45) is 11.4. The number of halogens is 1. The first kappa shape index (κ1) is 17.0. The third-order valence-electron chi connectivity index (χ3n) is 4.81. The van der Waals surface area contributed by atoms with Crippen molar-refractivity contribution in [2.75, 3.05) is 11.9 Å². The molecule has 2 rings (SSSR count). The van der Waals surface area contributed by atoms with E-state index in [0.29, 0.717) is 6.04 Å². The molecular weight excluding hydrogens is 326 g/mol. The molecule has 1 aliphatic rings. The second-order valence-electron chi connectivity index (χ2n) is 6.21. The molecule has 0 saturated heterocycles. The topological polar surface area (TPSA) is 21.1 Å². The molecule has 4 heteroatoms. The summed E-state index contributed by atoms with van der Waals surface area (Å²) in [5, 5.41) is 5.88. The Morgan fingerprint density at radius 2 is 2.00 bits per heavy atom. The minimum atomic E-state index is 0.554. The van der Waals surface area contributed by atoms with Gasteiger partial charge in [-0.25, -0.2) is 0 Å². The Kier molecular flexibility index (Phi) is 7.24. The van der Waals surface area contributed by atoms with E-state index in [1.54, 1.807) is 0 Å². The van der Waals surface area contributed by atoms with Crippen molar-refractivity contribution in [2.24, 2.45) is 0 Å². The molecule has 0 unspecified atom stereocenters. The van der Waals surface area contributed by atoms with Gasteiger partial charge < -0.3 is 0 Å². The van der Waals surface area contributed by atoms with Gasteiger partial charge in [0.1, 0.15) is 0 Å². The minimum absolute atomic E-state index is 0.554. The smallest absolute Gasteiger partial charge is 0.0765 e. The predicted molar refractivity (Wildman–Crippen MR) is 92.9 cm³/mol. The zero-order valence-electron chi connectivity index (χ0n) is 13.6. The normalized spacial score (nSPS) is 17.0. The first-order valence-electron chi connectivity index (χ1n) is 8.62. The lowest BCUT2D eigenvalue weighted by Gasteiger charge is -2.33. The Morgan fingerprint density at radius 3 is 2.62 bits per heavy atom. The van der Waals surface area contributed by atoms with E-state index in [0.717, 1.165) is 37.3 Å². The first-order valence-corrected chi connectivity index (χ1v) is 9.74. The third-order valence-corrected chi connectivity index (χ3v) is 5.16. The lowest BCUT2D eigenvalue weighted by Crippen LogP contribution is -2.37. The van der Waals surface area contributed by atoms with Crippen molar-refractivity contribution in [3.63, 3.8) is 0 Å². The van der Waals surface area contributed by atoms with Gasteiger partial charge in [-0.05, 0) is 31.7 Å². The van der Waals surface area contributed by atoms with Gasteiger partial charge in [0.2, 0.25) is 0 Å². The molecule has 1 aliphatic carbocycles. The van der Waals surface area contributed by atoms with E-state index in [2.05, 4.69) is 51.6 Å². The highest BCUT2D eigenvalue weighted by molar-refractivity contribution is 9.09. The van der Waals surface area contributed by atoms with Crippen LogP contribution in [-0.4, -0.2) is 32.6 Å². The molecule has 0 bridgehead atoms. The van der Waals surface area contributed by atoms with Crippen molar-refractivity contribution in [1.29, 1.82) is 0 Å². The molecule has 0 spiro atoms. The largest absolute Gasteiger partial charge is 0.294 e. The molecule has 0 N–H and O–H groups in total. The molecule has 1 aromatic rings. The van der Waals surface area contributed by atoms with Crippen LogP contribution in [0.25, 0.3) is 0 Å². The number of alkyl halides is 1. The van der Waals surface area contributed by atoms with Crippen LogP contribution in [0, 0.1) is 0 Å². The lowest BCUT2D eigenvalue weighted by atomic mass is 9.94. The summed E-state index contributed by atoms with van der Waals surface area (Å²) < 4.78 is 2.17. The second kappa shape index (κ2) is 8.94. The standard InChI is InChI=1S/C17H30BrN3/c1-3-16(4-2)21-12-10-15(19-21)14-20(13-11-18)17-8-6-5-7-9-17/h10,12,16-17H,3-9,11,13-14H2,1-2H3. The van der Waals surface area contributed by atoms with E-state index in [1.807, 2.05) is 0 Å². The maximum absolute atomic E-state index is 4.83. The van der Waals surface area contributed by atoms with E-state index < -0.39 is 0 Å². The van der Waals surface area contributed by atoms with Crippen LogP contribution in [0.3, 0.4) is 0 Å². The van der Waals surface area contributed by atoms with E-state index in [4.69, 9.17) is 5.10 Å². The van der Waals surface area contributed by atoms with Gasteiger partial charge in [-0.3, -0.25) is 9.58 Å². The molecule has 0 amide bonds. The van der Waals surface area contributed by atoms with Crippen molar-refractivity contribution in [3.05, 3.63) is 18.0 Å². The fraction of sp³-hybridized carbons (Fsp3) is 0.824. The fourth-order valence-electron chi connectivity index (χ4n) is 3.48. The van der Waals surface area contributed by atoms with Gasteiger partial charge in [-0.1, -0.05) is 49.0 Å². The Labute approximate surface area is 138 Å². The summed E-state index contributed by atoms with van der Waals surface area (Å²) in [5.41, 5.74) is 1.23. The molecule has 1 heterocycles. The average Bonchev–Trinajstić information content (AvgIpc) is 2.97. The Balaban J connectivity index is 1.99. The summed E-state index contributed by atoms with van der Waals surface area (Å²) in [6, 6.07) is 3.52. The maximum atomic E-state index is 4.83.